The molecule has 2 atom stereocenters. The van der Waals surface area contributed by atoms with Crippen LogP contribution >= 0.6 is 0 Å². The van der Waals surface area contributed by atoms with Crippen LogP contribution in [0.4, 0.5) is 0 Å². The molecule has 3 nitrogen and oxygen atoms in total. The smallest absolute Gasteiger partial charge is 0.0596 e. The summed E-state index contributed by atoms with van der Waals surface area (Å²) in [6.45, 7) is 5.20. The topological polar surface area (TPSA) is 43.8 Å². The maximum atomic E-state index is 6.01. The molecular weight excluding hydrogens is 198 g/mol. The molecule has 2 N–H and O–H groups in total. The molecule has 0 amide bonds. The molecule has 0 aliphatic heterocycles. The van der Waals surface area contributed by atoms with Gasteiger partial charge in [0.15, 0.2) is 0 Å². The van der Waals surface area contributed by atoms with Gasteiger partial charge in [0, 0.05) is 12.7 Å². The average molecular weight is 221 g/mol. The van der Waals surface area contributed by atoms with Gasteiger partial charge >= 0.3 is 0 Å². The summed E-state index contributed by atoms with van der Waals surface area (Å²) in [5.41, 5.74) is 8.78. The molecule has 2 rings (SSSR count). The predicted octanol–water partition coefficient (Wildman–Crippen LogP) is 2.04. The summed E-state index contributed by atoms with van der Waals surface area (Å²) < 4.78 is 2.01. The lowest BCUT2D eigenvalue weighted by Gasteiger charge is -2.27. The zero-order valence-corrected chi connectivity index (χ0v) is 10.7. The molecule has 2 unspecified atom stereocenters. The fourth-order valence-electron chi connectivity index (χ4n) is 3.13. The summed E-state index contributed by atoms with van der Waals surface area (Å²) in [6.07, 6.45) is 4.96. The van der Waals surface area contributed by atoms with Crippen LogP contribution < -0.4 is 5.73 Å². The van der Waals surface area contributed by atoms with E-state index in [2.05, 4.69) is 25.0 Å². The van der Waals surface area contributed by atoms with Crippen molar-refractivity contribution in [3.05, 3.63) is 17.5 Å². The normalized spacial score (nSPS) is 29.9. The van der Waals surface area contributed by atoms with Crippen molar-refractivity contribution >= 4 is 0 Å². The van der Waals surface area contributed by atoms with E-state index in [-0.39, 0.29) is 0 Å². The summed E-state index contributed by atoms with van der Waals surface area (Å²) in [5.74, 6) is 0.831. The first-order valence-electron chi connectivity index (χ1n) is 6.24. The summed E-state index contributed by atoms with van der Waals surface area (Å²) >= 11 is 0. The Labute approximate surface area is 98.0 Å². The van der Waals surface area contributed by atoms with E-state index in [1.807, 2.05) is 11.7 Å². The third-order valence-electron chi connectivity index (χ3n) is 4.04. The van der Waals surface area contributed by atoms with Crippen LogP contribution in [-0.4, -0.2) is 16.3 Å². The van der Waals surface area contributed by atoms with E-state index >= 15 is 0 Å². The summed E-state index contributed by atoms with van der Waals surface area (Å²) in [7, 11) is 2.03. The Morgan fingerprint density at radius 1 is 1.62 bits per heavy atom. The highest BCUT2D eigenvalue weighted by Gasteiger charge is 2.36. The molecule has 1 aliphatic rings. The van der Waals surface area contributed by atoms with Gasteiger partial charge in [0.05, 0.1) is 5.69 Å². The van der Waals surface area contributed by atoms with Crippen molar-refractivity contribution in [1.82, 2.24) is 9.78 Å². The highest BCUT2D eigenvalue weighted by atomic mass is 15.3. The summed E-state index contributed by atoms with van der Waals surface area (Å²) in [4.78, 5) is 0. The van der Waals surface area contributed by atoms with Gasteiger partial charge in [-0.25, -0.2) is 0 Å². The van der Waals surface area contributed by atoms with Gasteiger partial charge in [-0.3, -0.25) is 4.68 Å². The Hall–Kier alpha value is -0.830. The maximum absolute atomic E-state index is 6.01. The van der Waals surface area contributed by atoms with Gasteiger partial charge in [0.1, 0.15) is 0 Å². The van der Waals surface area contributed by atoms with E-state index < -0.39 is 0 Å². The van der Waals surface area contributed by atoms with Gasteiger partial charge in [-0.05, 0) is 50.1 Å². The Bertz CT molecular complexity index is 369. The molecule has 0 bridgehead atoms. The van der Waals surface area contributed by atoms with E-state index in [4.69, 9.17) is 5.73 Å². The molecule has 90 valence electrons. The van der Waals surface area contributed by atoms with Gasteiger partial charge in [-0.1, -0.05) is 13.3 Å². The Kier molecular flexibility index (Phi) is 3.06. The van der Waals surface area contributed by atoms with Crippen molar-refractivity contribution in [3.8, 4) is 0 Å². The largest absolute Gasteiger partial charge is 0.330 e. The second-order valence-corrected chi connectivity index (χ2v) is 5.63. The van der Waals surface area contributed by atoms with Crippen LogP contribution in [0.1, 0.15) is 37.6 Å². The van der Waals surface area contributed by atoms with Crippen LogP contribution in [0.3, 0.4) is 0 Å². The zero-order chi connectivity index (χ0) is 11.8. The molecular formula is C13H23N3. The SMILES string of the molecule is Cc1cc(CC2(CN)CCC(C)C2)n(C)n1. The third-order valence-corrected chi connectivity index (χ3v) is 4.04. The molecule has 0 saturated heterocycles. The van der Waals surface area contributed by atoms with Crippen molar-refractivity contribution in [2.24, 2.45) is 24.1 Å². The lowest BCUT2D eigenvalue weighted by molar-refractivity contribution is 0.289. The minimum Gasteiger partial charge on any atom is -0.330 e. The maximum Gasteiger partial charge on any atom is 0.0596 e. The molecule has 1 fully saturated rings. The van der Waals surface area contributed by atoms with E-state index in [9.17, 15) is 0 Å². The van der Waals surface area contributed by atoms with Crippen molar-refractivity contribution in [1.29, 1.82) is 0 Å². The molecule has 0 spiro atoms. The number of aromatic nitrogens is 2. The van der Waals surface area contributed by atoms with E-state index in [0.717, 1.165) is 24.6 Å². The quantitative estimate of drug-likeness (QED) is 0.849. The molecule has 1 saturated carbocycles. The van der Waals surface area contributed by atoms with Crippen LogP contribution in [0.2, 0.25) is 0 Å². The Morgan fingerprint density at radius 3 is 2.81 bits per heavy atom. The van der Waals surface area contributed by atoms with Crippen LogP contribution in [0.5, 0.6) is 0 Å². The number of rotatable bonds is 3. The fourth-order valence-corrected chi connectivity index (χ4v) is 3.13. The van der Waals surface area contributed by atoms with Crippen LogP contribution in [-0.2, 0) is 13.5 Å². The first kappa shape index (κ1) is 11.6. The van der Waals surface area contributed by atoms with Gasteiger partial charge in [0.25, 0.3) is 0 Å². The minimum atomic E-state index is 0.333. The van der Waals surface area contributed by atoms with Crippen LogP contribution in [0, 0.1) is 18.3 Å². The first-order valence-corrected chi connectivity index (χ1v) is 6.24. The number of aryl methyl sites for hydroxylation is 2. The van der Waals surface area contributed by atoms with E-state index in [1.165, 1.54) is 25.0 Å². The van der Waals surface area contributed by atoms with Crippen molar-refractivity contribution in [2.75, 3.05) is 6.54 Å². The Balaban J connectivity index is 2.16. The molecule has 3 heteroatoms. The molecule has 1 heterocycles. The predicted molar refractivity (Wildman–Crippen MR) is 66.2 cm³/mol. The molecule has 1 aliphatic carbocycles. The highest BCUT2D eigenvalue weighted by molar-refractivity contribution is 5.12. The molecule has 1 aromatic heterocycles. The molecule has 1 aromatic rings. The zero-order valence-electron chi connectivity index (χ0n) is 10.7. The van der Waals surface area contributed by atoms with Crippen LogP contribution in [0.25, 0.3) is 0 Å². The second-order valence-electron chi connectivity index (χ2n) is 5.63. The van der Waals surface area contributed by atoms with E-state index in [0.29, 0.717) is 5.41 Å². The van der Waals surface area contributed by atoms with Gasteiger partial charge in [0.2, 0.25) is 0 Å². The van der Waals surface area contributed by atoms with E-state index in [1.54, 1.807) is 0 Å². The van der Waals surface area contributed by atoms with Crippen molar-refractivity contribution < 1.29 is 0 Å². The fraction of sp³-hybridized carbons (Fsp3) is 0.769. The Morgan fingerprint density at radius 2 is 2.38 bits per heavy atom. The minimum absolute atomic E-state index is 0.333. The standard InChI is InChI=1S/C13H23N3/c1-10-4-5-13(7-10,9-14)8-12-6-11(2)15-16(12)3/h6,10H,4-5,7-9,14H2,1-3H3. The van der Waals surface area contributed by atoms with Crippen molar-refractivity contribution in [3.63, 3.8) is 0 Å². The number of nitrogens with two attached hydrogens (primary N) is 1. The number of hydrogen-bond acceptors (Lipinski definition) is 2. The number of hydrogen-bond donors (Lipinski definition) is 1. The van der Waals surface area contributed by atoms with Gasteiger partial charge in [-0.2, -0.15) is 5.10 Å². The van der Waals surface area contributed by atoms with Gasteiger partial charge < -0.3 is 5.73 Å². The number of nitrogens with zero attached hydrogens (tertiary/aromatic N) is 2. The lowest BCUT2D eigenvalue weighted by atomic mass is 9.81. The lowest BCUT2D eigenvalue weighted by Crippen LogP contribution is -2.31. The highest BCUT2D eigenvalue weighted by Crippen LogP contribution is 2.43. The molecule has 16 heavy (non-hydrogen) atoms. The summed E-state index contributed by atoms with van der Waals surface area (Å²) in [5, 5.41) is 4.41. The second kappa shape index (κ2) is 4.21. The van der Waals surface area contributed by atoms with Crippen LogP contribution in [0.15, 0.2) is 6.07 Å². The monoisotopic (exact) mass is 221 g/mol. The first-order chi connectivity index (χ1) is 7.54. The van der Waals surface area contributed by atoms with Gasteiger partial charge in [-0.15, -0.1) is 0 Å². The third kappa shape index (κ3) is 2.14. The summed E-state index contributed by atoms with van der Waals surface area (Å²) in [6, 6.07) is 2.19. The van der Waals surface area contributed by atoms with Crippen molar-refractivity contribution in [2.45, 2.75) is 39.5 Å². The molecule has 0 radical (unpaired) electrons. The average Bonchev–Trinajstić information content (AvgIpc) is 2.73. The molecule has 0 aromatic carbocycles.